The minimum absolute atomic E-state index is 0.296. The van der Waals surface area contributed by atoms with E-state index < -0.39 is 0 Å². The van der Waals surface area contributed by atoms with Gasteiger partial charge in [-0.3, -0.25) is 0 Å². The van der Waals surface area contributed by atoms with Crippen LogP contribution in [0.5, 0.6) is 11.5 Å². The Morgan fingerprint density at radius 3 is 2.79 bits per heavy atom. The fraction of sp³-hybridized carbons (Fsp3) is 0.308. The van der Waals surface area contributed by atoms with E-state index in [-0.39, 0.29) is 0 Å². The summed E-state index contributed by atoms with van der Waals surface area (Å²) in [5.74, 6) is 1.58. The summed E-state index contributed by atoms with van der Waals surface area (Å²) in [7, 11) is 1.99. The molecule has 1 aliphatic rings. The van der Waals surface area contributed by atoms with Gasteiger partial charge in [0.2, 0.25) is 0 Å². The number of aryl methyl sites for hydroxylation is 3. The van der Waals surface area contributed by atoms with Crippen molar-refractivity contribution in [1.82, 2.24) is 34.6 Å². The molecule has 34 heavy (non-hydrogen) atoms. The lowest BCUT2D eigenvalue weighted by Gasteiger charge is -2.23. The summed E-state index contributed by atoms with van der Waals surface area (Å²) in [6.45, 7) is 6.05. The second-order valence-electron chi connectivity index (χ2n) is 9.04. The molecule has 1 fully saturated rings. The van der Waals surface area contributed by atoms with E-state index in [1.54, 1.807) is 6.33 Å². The Bertz CT molecular complexity index is 1510. The quantitative estimate of drug-likeness (QED) is 0.424. The highest BCUT2D eigenvalue weighted by atomic mass is 16.5. The van der Waals surface area contributed by atoms with Crippen molar-refractivity contribution in [3.05, 3.63) is 60.3 Å². The molecule has 172 valence electrons. The van der Waals surface area contributed by atoms with Gasteiger partial charge in [0.1, 0.15) is 23.5 Å². The first-order valence-corrected chi connectivity index (χ1v) is 11.7. The Labute approximate surface area is 197 Å². The molecule has 1 saturated heterocycles. The average Bonchev–Trinajstić information content (AvgIpc) is 3.43. The molecule has 0 bridgehead atoms. The fourth-order valence-corrected chi connectivity index (χ4v) is 4.83. The van der Waals surface area contributed by atoms with E-state index in [1.807, 2.05) is 49.1 Å². The summed E-state index contributed by atoms with van der Waals surface area (Å²) in [5.41, 5.74) is 6.83. The van der Waals surface area contributed by atoms with Crippen LogP contribution in [0.1, 0.15) is 30.1 Å². The summed E-state index contributed by atoms with van der Waals surface area (Å²) < 4.78 is 10.3. The first kappa shape index (κ1) is 20.8. The zero-order valence-corrected chi connectivity index (χ0v) is 19.6. The monoisotopic (exact) mass is 453 g/mol. The number of nitrogens with one attached hydrogen (secondary N) is 1. The van der Waals surface area contributed by atoms with E-state index in [0.717, 1.165) is 82.0 Å². The molecule has 0 saturated carbocycles. The highest BCUT2D eigenvalue weighted by Crippen LogP contribution is 2.35. The first-order chi connectivity index (χ1) is 16.6. The number of benzene rings is 2. The second-order valence-corrected chi connectivity index (χ2v) is 9.04. The van der Waals surface area contributed by atoms with Crippen molar-refractivity contribution >= 4 is 22.1 Å². The molecule has 0 spiro atoms. The van der Waals surface area contributed by atoms with Crippen LogP contribution in [-0.4, -0.2) is 42.4 Å². The highest BCUT2D eigenvalue weighted by molar-refractivity contribution is 5.93. The van der Waals surface area contributed by atoms with E-state index in [0.29, 0.717) is 6.04 Å². The zero-order valence-electron chi connectivity index (χ0n) is 19.6. The maximum Gasteiger partial charge on any atom is 0.162 e. The number of hydrogen-bond donors (Lipinski definition) is 1. The molecule has 1 unspecified atom stereocenters. The maximum atomic E-state index is 6.22. The van der Waals surface area contributed by atoms with Crippen molar-refractivity contribution < 1.29 is 4.74 Å². The highest BCUT2D eigenvalue weighted by Gasteiger charge is 2.23. The molecular weight excluding hydrogens is 426 g/mol. The van der Waals surface area contributed by atoms with Crippen LogP contribution >= 0.6 is 0 Å². The molecule has 1 atom stereocenters. The van der Waals surface area contributed by atoms with E-state index in [4.69, 9.17) is 9.84 Å². The van der Waals surface area contributed by atoms with E-state index in [9.17, 15) is 0 Å². The lowest BCUT2D eigenvalue weighted by Crippen LogP contribution is -2.32. The van der Waals surface area contributed by atoms with Gasteiger partial charge in [0.05, 0.1) is 34.5 Å². The number of nitrogens with zero attached hydrogens (tertiary/aromatic N) is 6. The largest absolute Gasteiger partial charge is 0.457 e. The van der Waals surface area contributed by atoms with Crippen molar-refractivity contribution in [3.63, 3.8) is 0 Å². The second kappa shape index (κ2) is 8.22. The number of rotatable bonds is 4. The summed E-state index contributed by atoms with van der Waals surface area (Å²) in [6, 6.07) is 12.5. The Morgan fingerprint density at radius 2 is 1.97 bits per heavy atom. The van der Waals surface area contributed by atoms with Gasteiger partial charge in [0.25, 0.3) is 0 Å². The average molecular weight is 454 g/mol. The number of piperidine rings is 1. The molecular formula is C26H27N7O. The van der Waals surface area contributed by atoms with Gasteiger partial charge in [-0.05, 0) is 69.1 Å². The van der Waals surface area contributed by atoms with Crippen molar-refractivity contribution in [1.29, 1.82) is 0 Å². The molecule has 2 aromatic carbocycles. The van der Waals surface area contributed by atoms with Gasteiger partial charge in [-0.2, -0.15) is 5.10 Å². The molecule has 0 radical (unpaired) electrons. The van der Waals surface area contributed by atoms with Gasteiger partial charge in [0.15, 0.2) is 5.65 Å². The lowest BCUT2D eigenvalue weighted by atomic mass is 10.0. The first-order valence-electron chi connectivity index (χ1n) is 11.7. The van der Waals surface area contributed by atoms with Crippen LogP contribution in [0.2, 0.25) is 0 Å². The molecule has 8 nitrogen and oxygen atoms in total. The Hall–Kier alpha value is -3.78. The number of fused-ring (bicyclic) bond motifs is 2. The third-order valence-corrected chi connectivity index (χ3v) is 6.67. The molecule has 1 aliphatic heterocycles. The molecule has 5 aromatic rings. The van der Waals surface area contributed by atoms with Crippen LogP contribution in [0, 0.1) is 13.8 Å². The van der Waals surface area contributed by atoms with Gasteiger partial charge in [-0.25, -0.2) is 19.6 Å². The van der Waals surface area contributed by atoms with Crippen molar-refractivity contribution in [2.24, 2.45) is 7.05 Å². The SMILES string of the molecule is Cc1cc(-c2nn(C3CCCNC3)c3ncnc(C)c23)ccc1Oc1ccc2c(c1)ncn2C. The Balaban J connectivity index is 1.37. The molecule has 4 heterocycles. The standard InChI is InChI=1S/C26H27N7O/c1-16-11-18(6-9-23(16)34-20-7-8-22-21(12-20)30-15-32(22)3)25-24-17(2)28-14-29-26(24)33(31-25)19-5-4-10-27-13-19/h6-9,11-12,14-15,19,27H,4-5,10,13H2,1-3H3. The van der Waals surface area contributed by atoms with Gasteiger partial charge in [0, 0.05) is 25.2 Å². The third-order valence-electron chi connectivity index (χ3n) is 6.67. The predicted octanol–water partition coefficient (Wildman–Crippen LogP) is 4.71. The minimum Gasteiger partial charge on any atom is -0.457 e. The van der Waals surface area contributed by atoms with Crippen molar-refractivity contribution in [2.75, 3.05) is 13.1 Å². The molecule has 1 N–H and O–H groups in total. The van der Waals surface area contributed by atoms with Crippen molar-refractivity contribution in [3.8, 4) is 22.8 Å². The number of hydrogen-bond acceptors (Lipinski definition) is 6. The summed E-state index contributed by atoms with van der Waals surface area (Å²) in [5, 5.41) is 9.56. The van der Waals surface area contributed by atoms with E-state index in [1.165, 1.54) is 0 Å². The van der Waals surface area contributed by atoms with Crippen LogP contribution in [0.15, 0.2) is 49.1 Å². The van der Waals surface area contributed by atoms with E-state index in [2.05, 4.69) is 44.0 Å². The van der Waals surface area contributed by atoms with Crippen LogP contribution in [-0.2, 0) is 7.05 Å². The van der Waals surface area contributed by atoms with Gasteiger partial charge in [-0.1, -0.05) is 0 Å². The van der Waals surface area contributed by atoms with E-state index >= 15 is 0 Å². The van der Waals surface area contributed by atoms with Crippen molar-refractivity contribution in [2.45, 2.75) is 32.7 Å². The fourth-order valence-electron chi connectivity index (χ4n) is 4.83. The van der Waals surface area contributed by atoms with Crippen LogP contribution in [0.25, 0.3) is 33.3 Å². The zero-order chi connectivity index (χ0) is 23.2. The summed E-state index contributed by atoms with van der Waals surface area (Å²) in [6.07, 6.45) is 5.68. The minimum atomic E-state index is 0.296. The van der Waals surface area contributed by atoms with Gasteiger partial charge < -0.3 is 14.6 Å². The topological polar surface area (TPSA) is 82.7 Å². The van der Waals surface area contributed by atoms with Crippen LogP contribution in [0.4, 0.5) is 0 Å². The molecule has 8 heteroatoms. The van der Waals surface area contributed by atoms with Gasteiger partial charge in [-0.15, -0.1) is 0 Å². The van der Waals surface area contributed by atoms with Gasteiger partial charge >= 0.3 is 0 Å². The predicted molar refractivity (Wildman–Crippen MR) is 132 cm³/mol. The normalized spacial score (nSPS) is 16.4. The lowest BCUT2D eigenvalue weighted by molar-refractivity contribution is 0.354. The third kappa shape index (κ3) is 3.51. The molecule has 0 aliphatic carbocycles. The maximum absolute atomic E-state index is 6.22. The van der Waals surface area contributed by atoms with Crippen LogP contribution < -0.4 is 10.1 Å². The molecule has 0 amide bonds. The number of aromatic nitrogens is 6. The Morgan fingerprint density at radius 1 is 1.06 bits per heavy atom. The van der Waals surface area contributed by atoms with Crippen LogP contribution in [0.3, 0.4) is 0 Å². The summed E-state index contributed by atoms with van der Waals surface area (Å²) >= 11 is 0. The Kier molecular flexibility index (Phi) is 5.03. The number of imidazole rings is 1. The smallest absolute Gasteiger partial charge is 0.162 e. The molecule has 6 rings (SSSR count). The molecule has 3 aromatic heterocycles. The summed E-state index contributed by atoms with van der Waals surface area (Å²) in [4.78, 5) is 13.5. The number of ether oxygens (including phenoxy) is 1.